The number of sulfonamides is 1. The zero-order valence-electron chi connectivity index (χ0n) is 11.9. The molecule has 1 heterocycles. The number of nitrogens with zero attached hydrogens (tertiary/aromatic N) is 1. The van der Waals surface area contributed by atoms with Gasteiger partial charge in [0.25, 0.3) is 0 Å². The minimum atomic E-state index is -3.64. The molecule has 2 atom stereocenters. The summed E-state index contributed by atoms with van der Waals surface area (Å²) < 4.78 is 22.4. The Balaban J connectivity index is 1.63. The molecule has 0 saturated heterocycles. The van der Waals surface area contributed by atoms with Crippen molar-refractivity contribution in [1.82, 2.24) is 5.32 Å². The van der Waals surface area contributed by atoms with E-state index in [-0.39, 0.29) is 4.90 Å². The van der Waals surface area contributed by atoms with Crippen molar-refractivity contribution in [2.75, 3.05) is 0 Å². The van der Waals surface area contributed by atoms with Gasteiger partial charge in [0.05, 0.1) is 17.5 Å². The molecule has 0 saturated carbocycles. The smallest absolute Gasteiger partial charge is 0.238 e. The summed E-state index contributed by atoms with van der Waals surface area (Å²) >= 11 is 0. The first kappa shape index (κ1) is 14.7. The Bertz CT molecular complexity index is 774. The van der Waals surface area contributed by atoms with Gasteiger partial charge in [-0.15, -0.1) is 0 Å². The van der Waals surface area contributed by atoms with Crippen LogP contribution in [0.5, 0.6) is 0 Å². The molecular formula is C16H17N3O2S. The van der Waals surface area contributed by atoms with E-state index >= 15 is 0 Å². The molecule has 1 aromatic carbocycles. The Kier molecular flexibility index (Phi) is 3.96. The Labute approximate surface area is 130 Å². The van der Waals surface area contributed by atoms with Crippen molar-refractivity contribution in [1.29, 1.82) is 0 Å². The lowest BCUT2D eigenvalue weighted by molar-refractivity contribution is 0.598. The molecule has 0 spiro atoms. The van der Waals surface area contributed by atoms with Gasteiger partial charge < -0.3 is 5.32 Å². The third-order valence-corrected chi connectivity index (χ3v) is 4.66. The van der Waals surface area contributed by atoms with Crippen LogP contribution in [0, 0.1) is 5.92 Å². The molecule has 1 aliphatic carbocycles. The molecule has 2 aliphatic rings. The third kappa shape index (κ3) is 3.18. The number of rotatable bonds is 4. The number of aliphatic imine (C=N–C) groups is 1. The van der Waals surface area contributed by atoms with Crippen molar-refractivity contribution in [3.8, 4) is 0 Å². The van der Waals surface area contributed by atoms with Crippen molar-refractivity contribution in [2.45, 2.75) is 17.5 Å². The highest BCUT2D eigenvalue weighted by atomic mass is 32.2. The van der Waals surface area contributed by atoms with Crippen molar-refractivity contribution in [2.24, 2.45) is 16.0 Å². The van der Waals surface area contributed by atoms with Crippen LogP contribution in [0.3, 0.4) is 0 Å². The van der Waals surface area contributed by atoms with E-state index < -0.39 is 10.0 Å². The zero-order chi connectivity index (χ0) is 15.6. The largest absolute Gasteiger partial charge is 0.383 e. The Morgan fingerprint density at radius 1 is 1.18 bits per heavy atom. The quantitative estimate of drug-likeness (QED) is 0.826. The SMILES string of the molecule is NS(=O)(=O)c1ccc(CN=CC2=CNC3C=CC=CC23)cc1. The fourth-order valence-corrected chi connectivity index (χ4v) is 3.05. The van der Waals surface area contributed by atoms with E-state index in [0.717, 1.165) is 11.1 Å². The second-order valence-corrected chi connectivity index (χ2v) is 6.85. The van der Waals surface area contributed by atoms with E-state index in [2.05, 4.69) is 22.5 Å². The molecule has 22 heavy (non-hydrogen) atoms. The third-order valence-electron chi connectivity index (χ3n) is 3.73. The summed E-state index contributed by atoms with van der Waals surface area (Å²) in [5.41, 5.74) is 2.08. The predicted molar refractivity (Wildman–Crippen MR) is 86.8 cm³/mol. The summed E-state index contributed by atoms with van der Waals surface area (Å²) in [5, 5.41) is 8.38. The summed E-state index contributed by atoms with van der Waals surface area (Å²) in [4.78, 5) is 4.55. The van der Waals surface area contributed by atoms with Crippen LogP contribution >= 0.6 is 0 Å². The normalized spacial score (nSPS) is 23.4. The van der Waals surface area contributed by atoms with Crippen LogP contribution in [-0.2, 0) is 16.6 Å². The number of nitrogens with one attached hydrogen (secondary N) is 1. The Morgan fingerprint density at radius 2 is 1.91 bits per heavy atom. The van der Waals surface area contributed by atoms with E-state index in [1.165, 1.54) is 12.1 Å². The molecule has 0 radical (unpaired) electrons. The lowest BCUT2D eigenvalue weighted by Crippen LogP contribution is -2.25. The van der Waals surface area contributed by atoms with Gasteiger partial charge in [-0.2, -0.15) is 0 Å². The van der Waals surface area contributed by atoms with Gasteiger partial charge in [-0.1, -0.05) is 36.4 Å². The number of primary sulfonamides is 1. The van der Waals surface area contributed by atoms with Gasteiger partial charge in [-0.25, -0.2) is 13.6 Å². The minimum absolute atomic E-state index is 0.116. The van der Waals surface area contributed by atoms with Crippen LogP contribution < -0.4 is 10.5 Å². The molecule has 114 valence electrons. The maximum atomic E-state index is 11.2. The molecule has 6 heteroatoms. The van der Waals surface area contributed by atoms with Crippen LogP contribution in [0.4, 0.5) is 0 Å². The fraction of sp³-hybridized carbons (Fsp3) is 0.188. The highest BCUT2D eigenvalue weighted by Gasteiger charge is 2.25. The van der Waals surface area contributed by atoms with E-state index in [4.69, 9.17) is 5.14 Å². The van der Waals surface area contributed by atoms with E-state index in [1.807, 2.05) is 24.6 Å². The van der Waals surface area contributed by atoms with E-state index in [1.54, 1.807) is 12.1 Å². The van der Waals surface area contributed by atoms with Gasteiger partial charge in [0.2, 0.25) is 10.0 Å². The van der Waals surface area contributed by atoms with Crippen molar-refractivity contribution >= 4 is 16.2 Å². The van der Waals surface area contributed by atoms with Crippen LogP contribution in [0.25, 0.3) is 0 Å². The molecule has 0 aromatic heterocycles. The summed E-state index contributed by atoms with van der Waals surface area (Å²) in [6, 6.07) is 6.78. The van der Waals surface area contributed by atoms with Gasteiger partial charge >= 0.3 is 0 Å². The number of fused-ring (bicyclic) bond motifs is 1. The zero-order valence-corrected chi connectivity index (χ0v) is 12.7. The molecular weight excluding hydrogens is 298 g/mol. The Hall–Kier alpha value is -2.18. The van der Waals surface area contributed by atoms with Crippen LogP contribution in [0.2, 0.25) is 0 Å². The van der Waals surface area contributed by atoms with Gasteiger partial charge in [0.15, 0.2) is 0 Å². The fourth-order valence-electron chi connectivity index (χ4n) is 2.54. The predicted octanol–water partition coefficient (Wildman–Crippen LogP) is 1.50. The summed E-state index contributed by atoms with van der Waals surface area (Å²) in [5.74, 6) is 0.332. The number of hydrogen-bond donors (Lipinski definition) is 2. The van der Waals surface area contributed by atoms with Crippen LogP contribution in [0.1, 0.15) is 5.56 Å². The van der Waals surface area contributed by atoms with Crippen molar-refractivity contribution in [3.63, 3.8) is 0 Å². The first-order valence-electron chi connectivity index (χ1n) is 6.97. The standard InChI is InChI=1S/C16H17N3O2S/c17-22(20,21)14-7-5-12(6-8-14)9-18-10-13-11-19-16-4-2-1-3-15(13)16/h1-8,10-11,15-16,19H,9H2,(H2,17,20,21). The van der Waals surface area contributed by atoms with E-state index in [0.29, 0.717) is 18.5 Å². The molecule has 1 aromatic rings. The summed E-state index contributed by atoms with van der Waals surface area (Å²) in [7, 11) is -3.64. The summed E-state index contributed by atoms with van der Waals surface area (Å²) in [6.45, 7) is 0.499. The summed E-state index contributed by atoms with van der Waals surface area (Å²) in [6.07, 6.45) is 12.2. The molecule has 3 rings (SSSR count). The molecule has 0 amide bonds. The van der Waals surface area contributed by atoms with Crippen LogP contribution in [0.15, 0.2) is 70.2 Å². The molecule has 5 nitrogen and oxygen atoms in total. The molecule has 0 bridgehead atoms. The lowest BCUT2D eigenvalue weighted by atomic mass is 9.92. The van der Waals surface area contributed by atoms with Crippen LogP contribution in [-0.4, -0.2) is 20.7 Å². The van der Waals surface area contributed by atoms with Crippen molar-refractivity contribution < 1.29 is 8.42 Å². The highest BCUT2D eigenvalue weighted by Crippen LogP contribution is 2.24. The van der Waals surface area contributed by atoms with E-state index in [9.17, 15) is 8.42 Å². The molecule has 2 unspecified atom stereocenters. The number of benzene rings is 1. The maximum Gasteiger partial charge on any atom is 0.238 e. The van der Waals surface area contributed by atoms with Gasteiger partial charge in [0.1, 0.15) is 0 Å². The number of allylic oxidation sites excluding steroid dienone is 2. The average Bonchev–Trinajstić information content (AvgIpc) is 2.90. The molecule has 0 fully saturated rings. The topological polar surface area (TPSA) is 84.6 Å². The van der Waals surface area contributed by atoms with Gasteiger partial charge in [-0.3, -0.25) is 4.99 Å². The minimum Gasteiger partial charge on any atom is -0.383 e. The molecule has 1 aliphatic heterocycles. The second kappa shape index (κ2) is 5.90. The lowest BCUT2D eigenvalue weighted by Gasteiger charge is -2.16. The first-order chi connectivity index (χ1) is 10.5. The second-order valence-electron chi connectivity index (χ2n) is 5.29. The highest BCUT2D eigenvalue weighted by molar-refractivity contribution is 7.89. The van der Waals surface area contributed by atoms with Gasteiger partial charge in [-0.05, 0) is 23.3 Å². The number of nitrogens with two attached hydrogens (primary N) is 1. The average molecular weight is 315 g/mol. The monoisotopic (exact) mass is 315 g/mol. The number of hydrogen-bond acceptors (Lipinski definition) is 4. The first-order valence-corrected chi connectivity index (χ1v) is 8.51. The van der Waals surface area contributed by atoms with Gasteiger partial charge in [0, 0.05) is 18.3 Å². The maximum absolute atomic E-state index is 11.2. The Morgan fingerprint density at radius 3 is 2.64 bits per heavy atom. The molecule has 3 N–H and O–H groups in total. The van der Waals surface area contributed by atoms with Crippen molar-refractivity contribution in [3.05, 3.63) is 65.9 Å².